The molecular weight excluding hydrogens is 422 g/mol. The zero-order valence-electron chi connectivity index (χ0n) is 18.5. The first-order chi connectivity index (χ1) is 14.5. The lowest BCUT2D eigenvalue weighted by Gasteiger charge is -2.27. The molecule has 1 aromatic carbocycles. The monoisotopic (exact) mass is 453 g/mol. The minimum atomic E-state index is -3.99. The smallest absolute Gasteiger partial charge is 0.324 e. The van der Waals surface area contributed by atoms with Crippen molar-refractivity contribution in [3.8, 4) is 5.75 Å². The third kappa shape index (κ3) is 5.64. The van der Waals surface area contributed by atoms with Crippen molar-refractivity contribution in [3.63, 3.8) is 0 Å². The van der Waals surface area contributed by atoms with Gasteiger partial charge in [-0.2, -0.15) is 4.31 Å². The number of carbonyl (C=O) groups excluding carboxylic acids is 2. The molecule has 0 radical (unpaired) electrons. The topological polar surface area (TPSA) is 99.2 Å². The minimum Gasteiger partial charge on any atom is -0.486 e. The summed E-state index contributed by atoms with van der Waals surface area (Å²) in [5, 5.41) is 0. The molecule has 0 aliphatic carbocycles. The van der Waals surface area contributed by atoms with Crippen molar-refractivity contribution < 1.29 is 32.2 Å². The average Bonchev–Trinajstić information content (AvgIpc) is 3.30. The second kappa shape index (κ2) is 9.26. The van der Waals surface area contributed by atoms with Gasteiger partial charge in [-0.05, 0) is 58.2 Å². The zero-order chi connectivity index (χ0) is 22.8. The molecule has 0 N–H and O–H groups in total. The predicted molar refractivity (Wildman–Crippen MR) is 113 cm³/mol. The van der Waals surface area contributed by atoms with Crippen LogP contribution in [0.15, 0.2) is 23.1 Å². The van der Waals surface area contributed by atoms with Crippen molar-refractivity contribution >= 4 is 22.3 Å². The van der Waals surface area contributed by atoms with E-state index in [1.165, 1.54) is 10.4 Å². The van der Waals surface area contributed by atoms with Gasteiger partial charge in [0.2, 0.25) is 10.0 Å². The highest BCUT2D eigenvalue weighted by atomic mass is 32.2. The molecule has 0 saturated carbocycles. The van der Waals surface area contributed by atoms with Gasteiger partial charge in [0, 0.05) is 19.4 Å². The van der Waals surface area contributed by atoms with Gasteiger partial charge < -0.3 is 19.0 Å². The highest BCUT2D eigenvalue weighted by molar-refractivity contribution is 7.89. The standard InChI is InChI=1S/C22H31NO7S/c1-15-7-8-20(19(12-15)29-17-13-16(9-11-24)28-14-17)31(26,27)23-10-5-6-18(23)21(25)30-22(2,3)4/h7-8,11-12,16-18H,5-6,9-10,13-14H2,1-4H3/t16-,17+,18-/m0/s1. The van der Waals surface area contributed by atoms with E-state index >= 15 is 0 Å². The summed E-state index contributed by atoms with van der Waals surface area (Å²) in [6, 6.07) is 4.05. The molecule has 0 bridgehead atoms. The molecule has 172 valence electrons. The maximum absolute atomic E-state index is 13.5. The lowest BCUT2D eigenvalue weighted by atomic mass is 10.1. The first-order valence-electron chi connectivity index (χ1n) is 10.6. The van der Waals surface area contributed by atoms with Gasteiger partial charge in [0.25, 0.3) is 0 Å². The van der Waals surface area contributed by atoms with Crippen LogP contribution in [0.4, 0.5) is 0 Å². The number of ether oxygens (including phenoxy) is 3. The molecule has 2 aliphatic rings. The van der Waals surface area contributed by atoms with Gasteiger partial charge in [0.15, 0.2) is 0 Å². The number of nitrogens with zero attached hydrogens (tertiary/aromatic N) is 1. The number of hydrogen-bond acceptors (Lipinski definition) is 7. The summed E-state index contributed by atoms with van der Waals surface area (Å²) >= 11 is 0. The van der Waals surface area contributed by atoms with Gasteiger partial charge in [-0.25, -0.2) is 8.42 Å². The molecule has 0 unspecified atom stereocenters. The van der Waals surface area contributed by atoms with Crippen LogP contribution in [-0.2, 0) is 29.1 Å². The van der Waals surface area contributed by atoms with E-state index in [4.69, 9.17) is 14.2 Å². The number of sulfonamides is 1. The highest BCUT2D eigenvalue weighted by Crippen LogP contribution is 2.34. The van der Waals surface area contributed by atoms with E-state index in [-0.39, 0.29) is 42.4 Å². The molecule has 2 heterocycles. The lowest BCUT2D eigenvalue weighted by Crippen LogP contribution is -2.43. The van der Waals surface area contributed by atoms with Crippen LogP contribution < -0.4 is 4.74 Å². The number of esters is 1. The van der Waals surface area contributed by atoms with Crippen LogP contribution in [0.3, 0.4) is 0 Å². The van der Waals surface area contributed by atoms with Crippen LogP contribution >= 0.6 is 0 Å². The van der Waals surface area contributed by atoms with Gasteiger partial charge in [0.05, 0.1) is 12.7 Å². The summed E-state index contributed by atoms with van der Waals surface area (Å²) in [5.41, 5.74) is 0.149. The molecule has 0 amide bonds. The number of carbonyl (C=O) groups is 2. The second-order valence-electron chi connectivity index (χ2n) is 9.09. The zero-order valence-corrected chi connectivity index (χ0v) is 19.3. The maximum Gasteiger partial charge on any atom is 0.324 e. The Balaban J connectivity index is 1.85. The Labute approximate surface area is 183 Å². The van der Waals surface area contributed by atoms with Crippen LogP contribution in [-0.4, -0.2) is 62.0 Å². The van der Waals surface area contributed by atoms with Crippen molar-refractivity contribution in [3.05, 3.63) is 23.8 Å². The lowest BCUT2D eigenvalue weighted by molar-refractivity contribution is -0.158. The number of rotatable bonds is 7. The third-order valence-corrected chi connectivity index (χ3v) is 7.21. The fourth-order valence-corrected chi connectivity index (χ4v) is 5.64. The van der Waals surface area contributed by atoms with Gasteiger partial charge in [0.1, 0.15) is 34.7 Å². The van der Waals surface area contributed by atoms with Gasteiger partial charge in [-0.1, -0.05) is 6.07 Å². The molecule has 3 rings (SSSR count). The fourth-order valence-electron chi connectivity index (χ4n) is 3.89. The van der Waals surface area contributed by atoms with Crippen molar-refractivity contribution in [2.75, 3.05) is 13.2 Å². The molecule has 1 aromatic rings. The second-order valence-corrected chi connectivity index (χ2v) is 10.9. The predicted octanol–water partition coefficient (Wildman–Crippen LogP) is 2.62. The Morgan fingerprint density at radius 1 is 1.32 bits per heavy atom. The van der Waals surface area contributed by atoms with Gasteiger partial charge in [-0.3, -0.25) is 4.79 Å². The number of aryl methyl sites for hydroxylation is 1. The number of benzene rings is 1. The van der Waals surface area contributed by atoms with E-state index in [0.29, 0.717) is 19.3 Å². The van der Waals surface area contributed by atoms with E-state index < -0.39 is 27.6 Å². The summed E-state index contributed by atoms with van der Waals surface area (Å²) in [4.78, 5) is 23.4. The Morgan fingerprint density at radius 2 is 2.06 bits per heavy atom. The largest absolute Gasteiger partial charge is 0.486 e. The number of hydrogen-bond donors (Lipinski definition) is 0. The normalized spacial score (nSPS) is 24.8. The average molecular weight is 454 g/mol. The summed E-state index contributed by atoms with van der Waals surface area (Å²) < 4.78 is 45.3. The SMILES string of the molecule is Cc1ccc(S(=O)(=O)N2CCC[C@H]2C(=O)OC(C)(C)C)c(O[C@H]2CO[C@@H](CC=O)C2)c1. The quantitative estimate of drug-likeness (QED) is 0.462. The van der Waals surface area contributed by atoms with Crippen LogP contribution in [0.1, 0.15) is 52.0 Å². The molecular formula is C22H31NO7S. The van der Waals surface area contributed by atoms with Gasteiger partial charge >= 0.3 is 5.97 Å². The van der Waals surface area contributed by atoms with E-state index in [1.54, 1.807) is 32.9 Å². The molecule has 8 nitrogen and oxygen atoms in total. The van der Waals surface area contributed by atoms with E-state index in [9.17, 15) is 18.0 Å². The Kier molecular flexibility index (Phi) is 7.08. The van der Waals surface area contributed by atoms with Crippen LogP contribution in [0.5, 0.6) is 5.75 Å². The molecule has 9 heteroatoms. The minimum absolute atomic E-state index is 0.0207. The highest BCUT2D eigenvalue weighted by Gasteiger charge is 2.42. The summed E-state index contributed by atoms with van der Waals surface area (Å²) in [6.07, 6.45) is 2.03. The van der Waals surface area contributed by atoms with Crippen molar-refractivity contribution in [2.45, 2.75) is 82.1 Å². The summed E-state index contributed by atoms with van der Waals surface area (Å²) in [6.45, 7) is 7.65. The molecule has 2 saturated heterocycles. The van der Waals surface area contributed by atoms with Crippen LogP contribution in [0.25, 0.3) is 0 Å². The third-order valence-electron chi connectivity index (χ3n) is 5.26. The summed E-state index contributed by atoms with van der Waals surface area (Å²) in [7, 11) is -3.99. The molecule has 31 heavy (non-hydrogen) atoms. The van der Waals surface area contributed by atoms with E-state index in [2.05, 4.69) is 0 Å². The van der Waals surface area contributed by atoms with Crippen molar-refractivity contribution in [1.29, 1.82) is 0 Å². The molecule has 3 atom stereocenters. The fraction of sp³-hybridized carbons (Fsp3) is 0.636. The molecule has 2 aliphatic heterocycles. The molecule has 2 fully saturated rings. The maximum atomic E-state index is 13.5. The Morgan fingerprint density at radius 3 is 2.74 bits per heavy atom. The van der Waals surface area contributed by atoms with Crippen LogP contribution in [0, 0.1) is 6.92 Å². The first kappa shape index (κ1) is 23.7. The van der Waals surface area contributed by atoms with E-state index in [0.717, 1.165) is 11.8 Å². The van der Waals surface area contributed by atoms with Crippen LogP contribution in [0.2, 0.25) is 0 Å². The van der Waals surface area contributed by atoms with Crippen molar-refractivity contribution in [1.82, 2.24) is 4.31 Å². The van der Waals surface area contributed by atoms with Gasteiger partial charge in [-0.15, -0.1) is 0 Å². The van der Waals surface area contributed by atoms with Crippen molar-refractivity contribution in [2.24, 2.45) is 0 Å². The Hall–Kier alpha value is -1.97. The first-order valence-corrected chi connectivity index (χ1v) is 12.0. The summed E-state index contributed by atoms with van der Waals surface area (Å²) in [5.74, 6) is -0.306. The Bertz CT molecular complexity index is 922. The van der Waals surface area contributed by atoms with E-state index in [1.807, 2.05) is 6.92 Å². The number of aldehydes is 1. The molecule has 0 aromatic heterocycles. The molecule has 0 spiro atoms.